The summed E-state index contributed by atoms with van der Waals surface area (Å²) in [5.74, 6) is -1.12. The van der Waals surface area contributed by atoms with Crippen molar-refractivity contribution >= 4 is 35.0 Å². The third-order valence-electron chi connectivity index (χ3n) is 8.28. The van der Waals surface area contributed by atoms with Crippen LogP contribution >= 0.6 is 11.3 Å². The number of hydrogen-bond acceptors (Lipinski definition) is 8. The van der Waals surface area contributed by atoms with Crippen molar-refractivity contribution in [3.05, 3.63) is 88.4 Å². The lowest BCUT2D eigenvalue weighted by molar-refractivity contribution is -0.137. The number of hydrogen-bond donors (Lipinski definition) is 4. The normalized spacial score (nSPS) is 11.8. The van der Waals surface area contributed by atoms with Gasteiger partial charge in [-0.15, -0.1) is 11.3 Å². The summed E-state index contributed by atoms with van der Waals surface area (Å²) >= 11 is 1.37. The zero-order valence-electron chi connectivity index (χ0n) is 30.4. The number of carbonyl (C=O) groups excluding carboxylic acids is 3. The zero-order valence-corrected chi connectivity index (χ0v) is 31.2. The summed E-state index contributed by atoms with van der Waals surface area (Å²) in [5, 5.41) is 16.7. The average Bonchev–Trinajstić information content (AvgIpc) is 3.64. The first-order valence-corrected chi connectivity index (χ1v) is 18.6. The minimum Gasteiger partial charge on any atom is -0.494 e. The van der Waals surface area contributed by atoms with E-state index in [-0.39, 0.29) is 31.3 Å². The van der Waals surface area contributed by atoms with Crippen molar-refractivity contribution in [1.82, 2.24) is 25.9 Å². The minimum atomic E-state index is -1.04. The topological polar surface area (TPSA) is 160 Å². The first-order valence-electron chi connectivity index (χ1n) is 17.7. The van der Waals surface area contributed by atoms with Gasteiger partial charge in [-0.3, -0.25) is 19.2 Å². The van der Waals surface area contributed by atoms with E-state index in [4.69, 9.17) is 9.84 Å². The van der Waals surface area contributed by atoms with Crippen LogP contribution in [-0.4, -0.2) is 64.5 Å². The Labute approximate surface area is 309 Å². The van der Waals surface area contributed by atoms with E-state index in [9.17, 15) is 19.2 Å². The van der Waals surface area contributed by atoms with Gasteiger partial charge >= 0.3 is 5.97 Å². The highest BCUT2D eigenvalue weighted by molar-refractivity contribution is 7.14. The van der Waals surface area contributed by atoms with Gasteiger partial charge in [0.25, 0.3) is 5.91 Å². The number of ether oxygens (including phenoxy) is 1. The van der Waals surface area contributed by atoms with Gasteiger partial charge in [-0.25, -0.2) is 9.97 Å². The van der Waals surface area contributed by atoms with Gasteiger partial charge in [0.1, 0.15) is 11.8 Å². The Morgan fingerprint density at radius 1 is 0.827 bits per heavy atom. The van der Waals surface area contributed by atoms with Gasteiger partial charge in [-0.2, -0.15) is 0 Å². The third-order valence-corrected chi connectivity index (χ3v) is 9.79. The molecule has 3 amide bonds. The Bertz CT molecular complexity index is 1770. The fraction of sp³-hybridized carbons (Fsp3) is 0.400. The molecule has 0 fully saturated rings. The Balaban J connectivity index is 1.39. The van der Waals surface area contributed by atoms with E-state index in [1.807, 2.05) is 54.6 Å². The molecule has 0 bridgehead atoms. The SMILES string of the molecule is CCCCCCCOc1ccc(-c2cnc(-c3ccc(CC(NC(=O)c4ccc(C(C)(C)C)s4)C(=O)NCC(=O)NCCC(=O)O)cc3)nc2)cc1. The van der Waals surface area contributed by atoms with Gasteiger partial charge in [-0.05, 0) is 47.2 Å². The number of carbonyl (C=O) groups is 4. The molecule has 1 atom stereocenters. The highest BCUT2D eigenvalue weighted by Gasteiger charge is 2.25. The number of thiophene rings is 1. The Morgan fingerprint density at radius 2 is 1.50 bits per heavy atom. The Kier molecular flexibility index (Phi) is 14.9. The van der Waals surface area contributed by atoms with Crippen LogP contribution in [0.3, 0.4) is 0 Å². The van der Waals surface area contributed by atoms with Crippen LogP contribution in [0.25, 0.3) is 22.5 Å². The largest absolute Gasteiger partial charge is 0.494 e. The molecule has 2 aromatic heterocycles. The number of amides is 3. The smallest absolute Gasteiger partial charge is 0.305 e. The quantitative estimate of drug-likeness (QED) is 0.0790. The molecule has 0 saturated carbocycles. The van der Waals surface area contributed by atoms with Crippen LogP contribution in [0.15, 0.2) is 73.1 Å². The average molecular weight is 728 g/mol. The second-order valence-corrected chi connectivity index (χ2v) is 14.7. The van der Waals surface area contributed by atoms with E-state index >= 15 is 0 Å². The summed E-state index contributed by atoms with van der Waals surface area (Å²) in [7, 11) is 0. The Morgan fingerprint density at radius 3 is 2.13 bits per heavy atom. The molecule has 4 rings (SSSR count). The van der Waals surface area contributed by atoms with Gasteiger partial charge in [0.15, 0.2) is 5.82 Å². The van der Waals surface area contributed by atoms with Crippen LogP contribution < -0.4 is 20.7 Å². The van der Waals surface area contributed by atoms with E-state index < -0.39 is 29.7 Å². The molecular formula is C40H49N5O6S. The molecule has 0 aliphatic carbocycles. The summed E-state index contributed by atoms with van der Waals surface area (Å²) in [6, 6.07) is 18.0. The summed E-state index contributed by atoms with van der Waals surface area (Å²) in [4.78, 5) is 60.2. The first kappa shape index (κ1) is 39.7. The third kappa shape index (κ3) is 12.6. The van der Waals surface area contributed by atoms with Crippen molar-refractivity contribution in [3.8, 4) is 28.3 Å². The van der Waals surface area contributed by atoms with E-state index in [1.54, 1.807) is 18.5 Å². The number of unbranched alkanes of at least 4 members (excludes halogenated alkanes) is 4. The van der Waals surface area contributed by atoms with E-state index in [0.717, 1.165) is 39.3 Å². The highest BCUT2D eigenvalue weighted by atomic mass is 32.1. The van der Waals surface area contributed by atoms with Crippen molar-refractivity contribution < 1.29 is 29.0 Å². The molecule has 276 valence electrons. The van der Waals surface area contributed by atoms with Gasteiger partial charge in [-0.1, -0.05) is 89.8 Å². The molecule has 0 spiro atoms. The molecule has 2 heterocycles. The second-order valence-electron chi connectivity index (χ2n) is 13.6. The fourth-order valence-corrected chi connectivity index (χ4v) is 6.22. The number of nitrogens with one attached hydrogen (secondary N) is 3. The van der Waals surface area contributed by atoms with Crippen molar-refractivity contribution in [2.45, 2.75) is 84.1 Å². The molecule has 0 aliphatic heterocycles. The molecule has 11 nitrogen and oxygen atoms in total. The molecular weight excluding hydrogens is 679 g/mol. The maximum absolute atomic E-state index is 13.3. The van der Waals surface area contributed by atoms with Crippen LogP contribution in [0.4, 0.5) is 0 Å². The molecule has 2 aromatic carbocycles. The van der Waals surface area contributed by atoms with E-state index in [0.29, 0.717) is 17.3 Å². The summed E-state index contributed by atoms with van der Waals surface area (Å²) in [5.41, 5.74) is 3.30. The van der Waals surface area contributed by atoms with Crippen LogP contribution in [0.5, 0.6) is 5.75 Å². The number of aromatic nitrogens is 2. The van der Waals surface area contributed by atoms with E-state index in [1.165, 1.54) is 37.0 Å². The maximum atomic E-state index is 13.3. The number of nitrogens with zero attached hydrogens (tertiary/aromatic N) is 2. The van der Waals surface area contributed by atoms with Crippen molar-refractivity contribution in [2.24, 2.45) is 0 Å². The number of benzene rings is 2. The highest BCUT2D eigenvalue weighted by Crippen LogP contribution is 2.29. The van der Waals surface area contributed by atoms with Gasteiger partial charge in [0.05, 0.1) is 24.4 Å². The van der Waals surface area contributed by atoms with Gasteiger partial charge in [0.2, 0.25) is 11.8 Å². The zero-order chi connectivity index (χ0) is 37.5. The Hall–Kier alpha value is -5.10. The lowest BCUT2D eigenvalue weighted by atomic mass is 9.95. The number of aliphatic carboxylic acids is 1. The lowest BCUT2D eigenvalue weighted by Gasteiger charge is -2.19. The molecule has 12 heteroatoms. The van der Waals surface area contributed by atoms with Crippen LogP contribution in [0.2, 0.25) is 0 Å². The summed E-state index contributed by atoms with van der Waals surface area (Å²) in [6.07, 6.45) is 9.47. The first-order chi connectivity index (χ1) is 24.9. The van der Waals surface area contributed by atoms with Crippen LogP contribution in [0.1, 0.15) is 86.3 Å². The molecule has 52 heavy (non-hydrogen) atoms. The molecule has 4 N–H and O–H groups in total. The number of carboxylic acids is 1. The van der Waals surface area contributed by atoms with Gasteiger partial charge in [0, 0.05) is 41.4 Å². The predicted molar refractivity (Wildman–Crippen MR) is 203 cm³/mol. The molecule has 0 radical (unpaired) electrons. The molecule has 4 aromatic rings. The summed E-state index contributed by atoms with van der Waals surface area (Å²) < 4.78 is 5.89. The number of rotatable bonds is 19. The van der Waals surface area contributed by atoms with Crippen molar-refractivity contribution in [3.63, 3.8) is 0 Å². The standard InChI is InChI=1S/C40H49N5O6S/c1-5-6-7-8-9-22-51-31-16-14-28(15-17-31)30-24-42-37(43-25-30)29-12-10-27(11-13-29)23-32(38(49)44-26-35(46)41-21-20-36(47)48)45-39(50)33-18-19-34(52-33)40(2,3)4/h10-19,24-25,32H,5-9,20-23,26H2,1-4H3,(H,41,46)(H,44,49)(H,45,50)(H,47,48). The number of carboxylic acid groups (broad SMARTS) is 1. The maximum Gasteiger partial charge on any atom is 0.305 e. The molecule has 1 unspecified atom stereocenters. The van der Waals surface area contributed by atoms with E-state index in [2.05, 4.69) is 53.6 Å². The second kappa shape index (κ2) is 19.5. The van der Waals surface area contributed by atoms with Gasteiger partial charge < -0.3 is 25.8 Å². The predicted octanol–water partition coefficient (Wildman–Crippen LogP) is 6.57. The lowest BCUT2D eigenvalue weighted by Crippen LogP contribution is -2.50. The van der Waals surface area contributed by atoms with Crippen molar-refractivity contribution in [1.29, 1.82) is 0 Å². The monoisotopic (exact) mass is 727 g/mol. The summed E-state index contributed by atoms with van der Waals surface area (Å²) in [6.45, 7) is 8.69. The molecule has 0 saturated heterocycles. The van der Waals surface area contributed by atoms with Crippen molar-refractivity contribution in [2.75, 3.05) is 19.7 Å². The fourth-order valence-electron chi connectivity index (χ4n) is 5.25. The van der Waals surface area contributed by atoms with Crippen LogP contribution in [-0.2, 0) is 26.2 Å². The minimum absolute atomic E-state index is 0.0562. The molecule has 0 aliphatic rings. The van der Waals surface area contributed by atoms with Crippen LogP contribution in [0, 0.1) is 0 Å².